The van der Waals surface area contributed by atoms with Crippen molar-refractivity contribution >= 4 is 33.9 Å². The predicted octanol–water partition coefficient (Wildman–Crippen LogP) is 3.44. The number of hydrogen-bond donors (Lipinski definition) is 2. The van der Waals surface area contributed by atoms with Gasteiger partial charge in [0.25, 0.3) is 5.91 Å². The fourth-order valence-corrected chi connectivity index (χ4v) is 4.27. The fourth-order valence-electron chi connectivity index (χ4n) is 3.45. The highest BCUT2D eigenvalue weighted by atomic mass is 32.1. The molecule has 3 aromatic rings. The molecule has 28 heavy (non-hydrogen) atoms. The number of fused-ring (bicyclic) bond motifs is 1. The molecular formula is C20H24N4O3S. The van der Waals surface area contributed by atoms with Crippen LogP contribution in [0.2, 0.25) is 0 Å². The third-order valence-corrected chi connectivity index (χ3v) is 6.16. The Hall–Kier alpha value is -2.45. The van der Waals surface area contributed by atoms with E-state index in [4.69, 9.17) is 4.52 Å². The lowest BCUT2D eigenvalue weighted by Gasteiger charge is -2.28. The number of carbonyl (C=O) groups excluding carboxylic acids is 1. The molecule has 1 atom stereocenters. The molecule has 1 fully saturated rings. The van der Waals surface area contributed by atoms with Gasteiger partial charge in [-0.25, -0.2) is 4.98 Å². The molecule has 2 aromatic heterocycles. The van der Waals surface area contributed by atoms with E-state index in [0.29, 0.717) is 22.0 Å². The lowest BCUT2D eigenvalue weighted by Crippen LogP contribution is -2.36. The van der Waals surface area contributed by atoms with Crippen molar-refractivity contribution in [1.82, 2.24) is 15.5 Å². The van der Waals surface area contributed by atoms with E-state index < -0.39 is 0 Å². The van der Waals surface area contributed by atoms with E-state index in [-0.39, 0.29) is 18.6 Å². The number of nitrogens with one attached hydrogen (secondary N) is 1. The number of aromatic nitrogens is 2. The van der Waals surface area contributed by atoms with Crippen LogP contribution in [0.3, 0.4) is 0 Å². The van der Waals surface area contributed by atoms with Crippen LogP contribution in [0.1, 0.15) is 42.3 Å². The summed E-state index contributed by atoms with van der Waals surface area (Å²) in [6, 6.07) is 5.90. The summed E-state index contributed by atoms with van der Waals surface area (Å²) >= 11 is 1.27. The summed E-state index contributed by atoms with van der Waals surface area (Å²) in [7, 11) is 0. The fraction of sp³-hybridized carbons (Fsp3) is 0.450. The summed E-state index contributed by atoms with van der Waals surface area (Å²) < 4.78 is 5.56. The monoisotopic (exact) mass is 400 g/mol. The topological polar surface area (TPSA) is 91.5 Å². The first kappa shape index (κ1) is 18.9. The number of nitrogens with zero attached hydrogens (tertiary/aromatic N) is 3. The maximum absolute atomic E-state index is 12.3. The van der Waals surface area contributed by atoms with Crippen LogP contribution in [0.15, 0.2) is 28.9 Å². The van der Waals surface area contributed by atoms with Crippen molar-refractivity contribution in [3.8, 4) is 10.7 Å². The van der Waals surface area contributed by atoms with E-state index in [1.54, 1.807) is 6.20 Å². The van der Waals surface area contributed by atoms with Gasteiger partial charge in [-0.3, -0.25) is 4.79 Å². The van der Waals surface area contributed by atoms with E-state index in [9.17, 15) is 9.90 Å². The number of piperidine rings is 1. The number of aliphatic hydroxyl groups is 1. The maximum atomic E-state index is 12.3. The lowest BCUT2D eigenvalue weighted by molar-refractivity contribution is 0.0919. The van der Waals surface area contributed by atoms with E-state index in [1.807, 2.05) is 19.1 Å². The van der Waals surface area contributed by atoms with Crippen LogP contribution in [0.4, 0.5) is 5.69 Å². The van der Waals surface area contributed by atoms with Gasteiger partial charge in [0, 0.05) is 24.8 Å². The number of rotatable bonds is 6. The molecule has 8 heteroatoms. The summed E-state index contributed by atoms with van der Waals surface area (Å²) in [5.74, 6) is -0.232. The predicted molar refractivity (Wildman–Crippen MR) is 110 cm³/mol. The molecule has 1 saturated heterocycles. The second-order valence-corrected chi connectivity index (χ2v) is 8.08. The van der Waals surface area contributed by atoms with E-state index in [0.717, 1.165) is 29.7 Å². The van der Waals surface area contributed by atoms with Crippen molar-refractivity contribution in [3.05, 3.63) is 29.3 Å². The van der Waals surface area contributed by atoms with E-state index in [1.165, 1.54) is 30.6 Å². The maximum Gasteiger partial charge on any atom is 0.263 e. The van der Waals surface area contributed by atoms with Crippen LogP contribution < -0.4 is 10.2 Å². The Morgan fingerprint density at radius 2 is 2.18 bits per heavy atom. The Balaban J connectivity index is 1.56. The van der Waals surface area contributed by atoms with E-state index in [2.05, 4.69) is 26.4 Å². The molecule has 1 aliphatic rings. The summed E-state index contributed by atoms with van der Waals surface area (Å²) in [6.45, 7) is 3.98. The number of amides is 1. The molecule has 0 bridgehead atoms. The molecule has 2 N–H and O–H groups in total. The third kappa shape index (κ3) is 3.74. The second-order valence-electron chi connectivity index (χ2n) is 7.05. The Morgan fingerprint density at radius 3 is 2.93 bits per heavy atom. The largest absolute Gasteiger partial charge is 0.394 e. The minimum Gasteiger partial charge on any atom is -0.394 e. The average Bonchev–Trinajstić information content (AvgIpc) is 3.39. The zero-order valence-corrected chi connectivity index (χ0v) is 16.7. The first-order chi connectivity index (χ1) is 13.7. The van der Waals surface area contributed by atoms with Crippen molar-refractivity contribution in [1.29, 1.82) is 0 Å². The molecule has 1 amide bonds. The van der Waals surface area contributed by atoms with Gasteiger partial charge >= 0.3 is 0 Å². The van der Waals surface area contributed by atoms with Gasteiger partial charge in [0.05, 0.1) is 24.2 Å². The SMILES string of the molecule is CC[C@@H](CO)NC(=O)c1cnc(-c2noc3cc(N4CCCCC4)ccc23)s1. The van der Waals surface area contributed by atoms with Gasteiger partial charge in [-0.05, 0) is 37.8 Å². The number of carbonyl (C=O) groups is 1. The van der Waals surface area contributed by atoms with Gasteiger partial charge in [0.15, 0.2) is 5.58 Å². The normalized spacial score (nSPS) is 15.7. The van der Waals surface area contributed by atoms with Gasteiger partial charge < -0.3 is 19.8 Å². The van der Waals surface area contributed by atoms with Gasteiger partial charge in [0.1, 0.15) is 15.6 Å². The molecule has 148 valence electrons. The number of anilines is 1. The highest BCUT2D eigenvalue weighted by Crippen LogP contribution is 2.33. The standard InChI is InChI=1S/C20H24N4O3S/c1-2-13(12-25)22-19(26)17-11-21-20(28-17)18-15-7-6-14(10-16(15)27-23-18)24-8-4-3-5-9-24/h6-7,10-11,13,25H,2-5,8-9,12H2,1H3,(H,22,26)/t13-/m0/s1. The first-order valence-corrected chi connectivity index (χ1v) is 10.5. The average molecular weight is 401 g/mol. The second kappa shape index (κ2) is 8.28. The van der Waals surface area contributed by atoms with Crippen LogP contribution in [-0.2, 0) is 0 Å². The number of thiazole rings is 1. The van der Waals surface area contributed by atoms with Gasteiger partial charge in [0.2, 0.25) is 0 Å². The van der Waals surface area contributed by atoms with Crippen LogP contribution in [0, 0.1) is 0 Å². The highest BCUT2D eigenvalue weighted by molar-refractivity contribution is 7.17. The summed E-state index contributed by atoms with van der Waals surface area (Å²) in [5.41, 5.74) is 2.53. The molecule has 0 aliphatic carbocycles. The lowest BCUT2D eigenvalue weighted by atomic mass is 10.1. The summed E-state index contributed by atoms with van der Waals surface area (Å²) in [4.78, 5) is 19.6. The quantitative estimate of drug-likeness (QED) is 0.659. The van der Waals surface area contributed by atoms with Crippen LogP contribution in [-0.4, -0.2) is 46.9 Å². The Labute approximate surface area is 167 Å². The Kier molecular flexibility index (Phi) is 5.59. The molecule has 0 spiro atoms. The minimum atomic E-state index is -0.251. The smallest absolute Gasteiger partial charge is 0.263 e. The molecule has 0 unspecified atom stereocenters. The Bertz CT molecular complexity index is 957. The number of aliphatic hydroxyl groups excluding tert-OH is 1. The zero-order valence-electron chi connectivity index (χ0n) is 15.9. The molecule has 1 aliphatic heterocycles. The van der Waals surface area contributed by atoms with E-state index >= 15 is 0 Å². The molecule has 4 rings (SSSR count). The van der Waals surface area contributed by atoms with Crippen LogP contribution >= 0.6 is 11.3 Å². The van der Waals surface area contributed by atoms with Crippen molar-refractivity contribution in [2.75, 3.05) is 24.6 Å². The zero-order chi connectivity index (χ0) is 19.5. The van der Waals surface area contributed by atoms with Crippen molar-refractivity contribution < 1.29 is 14.4 Å². The molecular weight excluding hydrogens is 376 g/mol. The summed E-state index contributed by atoms with van der Waals surface area (Å²) in [5, 5.41) is 17.8. The minimum absolute atomic E-state index is 0.0822. The van der Waals surface area contributed by atoms with Gasteiger partial charge in [-0.15, -0.1) is 11.3 Å². The molecule has 1 aromatic carbocycles. The molecule has 0 saturated carbocycles. The highest BCUT2D eigenvalue weighted by Gasteiger charge is 2.19. The van der Waals surface area contributed by atoms with Crippen molar-refractivity contribution in [2.24, 2.45) is 0 Å². The number of hydrogen-bond acceptors (Lipinski definition) is 7. The van der Waals surface area contributed by atoms with Crippen LogP contribution in [0.25, 0.3) is 21.7 Å². The molecule has 3 heterocycles. The van der Waals surface area contributed by atoms with Gasteiger partial charge in [-0.1, -0.05) is 12.1 Å². The molecule has 0 radical (unpaired) electrons. The third-order valence-electron chi connectivity index (χ3n) is 5.16. The van der Waals surface area contributed by atoms with Crippen molar-refractivity contribution in [3.63, 3.8) is 0 Å². The Morgan fingerprint density at radius 1 is 1.36 bits per heavy atom. The van der Waals surface area contributed by atoms with Crippen molar-refractivity contribution in [2.45, 2.75) is 38.6 Å². The molecule has 7 nitrogen and oxygen atoms in total. The first-order valence-electron chi connectivity index (χ1n) is 9.72. The number of benzene rings is 1. The van der Waals surface area contributed by atoms with Crippen LogP contribution in [0.5, 0.6) is 0 Å². The summed E-state index contributed by atoms with van der Waals surface area (Å²) in [6.07, 6.45) is 5.95. The van der Waals surface area contributed by atoms with Gasteiger partial charge in [-0.2, -0.15) is 0 Å².